The van der Waals surface area contributed by atoms with E-state index in [1.807, 2.05) is 13.1 Å². The van der Waals surface area contributed by atoms with Crippen LogP contribution in [0.15, 0.2) is 46.9 Å². The fourth-order valence-corrected chi connectivity index (χ4v) is 3.33. The lowest BCUT2D eigenvalue weighted by Gasteiger charge is -2.19. The zero-order valence-electron chi connectivity index (χ0n) is 10.8. The number of nitrogens with one attached hydrogen (secondary N) is 1. The van der Waals surface area contributed by atoms with Crippen molar-refractivity contribution in [2.24, 2.45) is 0 Å². The topological polar surface area (TPSA) is 21.3 Å². The van der Waals surface area contributed by atoms with Gasteiger partial charge in [-0.15, -0.1) is 0 Å². The van der Waals surface area contributed by atoms with E-state index < -0.39 is 0 Å². The Morgan fingerprint density at radius 2 is 1.95 bits per heavy atom. The van der Waals surface area contributed by atoms with Gasteiger partial charge in [0.15, 0.2) is 0 Å². The molecule has 1 N–H and O–H groups in total. The zero-order chi connectivity index (χ0) is 13.8. The van der Waals surface area contributed by atoms with Gasteiger partial charge in [0.1, 0.15) is 5.75 Å². The molecule has 2 rings (SSSR count). The van der Waals surface area contributed by atoms with Crippen LogP contribution in [0.3, 0.4) is 0 Å². The van der Waals surface area contributed by atoms with Crippen LogP contribution in [0.5, 0.6) is 5.75 Å². The molecular formula is C15H15BrINO. The number of rotatable bonds is 4. The summed E-state index contributed by atoms with van der Waals surface area (Å²) in [6, 6.07) is 14.8. The highest BCUT2D eigenvalue weighted by Crippen LogP contribution is 2.31. The molecule has 2 aromatic rings. The van der Waals surface area contributed by atoms with Gasteiger partial charge in [-0.1, -0.05) is 24.3 Å². The van der Waals surface area contributed by atoms with Gasteiger partial charge in [-0.05, 0) is 74.9 Å². The lowest BCUT2D eigenvalue weighted by atomic mass is 9.99. The fourth-order valence-electron chi connectivity index (χ4n) is 2.07. The second kappa shape index (κ2) is 6.72. The van der Waals surface area contributed by atoms with Crippen LogP contribution < -0.4 is 10.1 Å². The van der Waals surface area contributed by atoms with Crippen molar-refractivity contribution in [3.63, 3.8) is 0 Å². The number of benzene rings is 2. The van der Waals surface area contributed by atoms with Gasteiger partial charge in [0.2, 0.25) is 0 Å². The first-order valence-corrected chi connectivity index (χ1v) is 7.79. The van der Waals surface area contributed by atoms with E-state index in [0.29, 0.717) is 0 Å². The summed E-state index contributed by atoms with van der Waals surface area (Å²) in [6.07, 6.45) is 0. The summed E-state index contributed by atoms with van der Waals surface area (Å²) in [5.74, 6) is 0.848. The Hall–Kier alpha value is -0.590. The van der Waals surface area contributed by atoms with Crippen LogP contribution in [0.4, 0.5) is 0 Å². The quantitative estimate of drug-likeness (QED) is 0.725. The Labute approximate surface area is 135 Å². The molecule has 1 atom stereocenters. The molecule has 19 heavy (non-hydrogen) atoms. The molecule has 0 radical (unpaired) electrons. The maximum Gasteiger partial charge on any atom is 0.133 e. The zero-order valence-corrected chi connectivity index (χ0v) is 14.5. The average molecular weight is 432 g/mol. The molecule has 0 fully saturated rings. The highest BCUT2D eigenvalue weighted by atomic mass is 127. The van der Waals surface area contributed by atoms with Crippen LogP contribution in [0, 0.1) is 3.57 Å². The van der Waals surface area contributed by atoms with E-state index in [0.717, 1.165) is 10.2 Å². The molecule has 0 saturated carbocycles. The smallest absolute Gasteiger partial charge is 0.133 e. The summed E-state index contributed by atoms with van der Waals surface area (Å²) in [5.41, 5.74) is 2.49. The van der Waals surface area contributed by atoms with Crippen molar-refractivity contribution < 1.29 is 4.74 Å². The molecule has 1 unspecified atom stereocenters. The lowest BCUT2D eigenvalue weighted by Crippen LogP contribution is -2.18. The molecule has 2 nitrogen and oxygen atoms in total. The summed E-state index contributed by atoms with van der Waals surface area (Å²) in [4.78, 5) is 0. The summed E-state index contributed by atoms with van der Waals surface area (Å²) in [7, 11) is 3.65. The van der Waals surface area contributed by atoms with Gasteiger partial charge in [-0.3, -0.25) is 0 Å². The van der Waals surface area contributed by atoms with Crippen molar-refractivity contribution in [1.29, 1.82) is 0 Å². The Morgan fingerprint density at radius 1 is 1.21 bits per heavy atom. The van der Waals surface area contributed by atoms with Crippen molar-refractivity contribution in [2.75, 3.05) is 14.2 Å². The van der Waals surface area contributed by atoms with Gasteiger partial charge in [-0.25, -0.2) is 0 Å². The highest BCUT2D eigenvalue weighted by Gasteiger charge is 2.15. The third kappa shape index (κ3) is 3.30. The normalized spacial score (nSPS) is 12.2. The largest absolute Gasteiger partial charge is 0.496 e. The van der Waals surface area contributed by atoms with E-state index in [9.17, 15) is 0 Å². The molecule has 0 aliphatic carbocycles. The molecule has 4 heteroatoms. The number of halogens is 2. The molecule has 0 heterocycles. The summed E-state index contributed by atoms with van der Waals surface area (Å²) in [6.45, 7) is 0. The summed E-state index contributed by atoms with van der Waals surface area (Å²) >= 11 is 5.91. The molecule has 0 aromatic heterocycles. The summed E-state index contributed by atoms with van der Waals surface area (Å²) in [5, 5.41) is 3.37. The Kier molecular flexibility index (Phi) is 5.24. The number of methoxy groups -OCH3 is 1. The van der Waals surface area contributed by atoms with E-state index in [1.165, 1.54) is 14.7 Å². The SMILES string of the molecule is CNC(c1ccc(OC)c(Br)c1)c1ccccc1I. The van der Waals surface area contributed by atoms with Gasteiger partial charge in [0.05, 0.1) is 17.6 Å². The van der Waals surface area contributed by atoms with E-state index in [2.05, 4.69) is 80.2 Å². The lowest BCUT2D eigenvalue weighted by molar-refractivity contribution is 0.412. The van der Waals surface area contributed by atoms with Crippen molar-refractivity contribution in [2.45, 2.75) is 6.04 Å². The monoisotopic (exact) mass is 431 g/mol. The maximum absolute atomic E-state index is 5.27. The molecule has 2 aromatic carbocycles. The van der Waals surface area contributed by atoms with E-state index >= 15 is 0 Å². The van der Waals surface area contributed by atoms with Crippen LogP contribution in [-0.4, -0.2) is 14.2 Å². The Morgan fingerprint density at radius 3 is 2.53 bits per heavy atom. The third-order valence-corrected chi connectivity index (χ3v) is 4.62. The van der Waals surface area contributed by atoms with Crippen LogP contribution in [-0.2, 0) is 0 Å². The Balaban J connectivity index is 2.43. The van der Waals surface area contributed by atoms with Gasteiger partial charge < -0.3 is 10.1 Å². The Bertz CT molecular complexity index is 574. The first kappa shape index (κ1) is 14.8. The molecule has 0 amide bonds. The molecule has 0 aliphatic rings. The van der Waals surface area contributed by atoms with Gasteiger partial charge >= 0.3 is 0 Å². The van der Waals surface area contributed by atoms with Crippen LogP contribution in [0.25, 0.3) is 0 Å². The molecule has 0 aliphatic heterocycles. The van der Waals surface area contributed by atoms with Gasteiger partial charge in [0, 0.05) is 3.57 Å². The number of hydrogen-bond donors (Lipinski definition) is 1. The van der Waals surface area contributed by atoms with Crippen LogP contribution in [0.1, 0.15) is 17.2 Å². The second-order valence-corrected chi connectivity index (χ2v) is 6.15. The first-order valence-electron chi connectivity index (χ1n) is 5.92. The summed E-state index contributed by atoms with van der Waals surface area (Å²) < 4.78 is 7.50. The molecular weight excluding hydrogens is 417 g/mol. The minimum Gasteiger partial charge on any atom is -0.496 e. The van der Waals surface area contributed by atoms with Crippen molar-refractivity contribution in [3.8, 4) is 5.75 Å². The maximum atomic E-state index is 5.27. The highest BCUT2D eigenvalue weighted by molar-refractivity contribution is 14.1. The fraction of sp³-hybridized carbons (Fsp3) is 0.200. The minimum absolute atomic E-state index is 0.176. The van der Waals surface area contributed by atoms with Crippen LogP contribution >= 0.6 is 38.5 Å². The first-order chi connectivity index (χ1) is 9.17. The molecule has 0 saturated heterocycles. The van der Waals surface area contributed by atoms with Crippen molar-refractivity contribution in [1.82, 2.24) is 5.32 Å². The predicted octanol–water partition coefficient (Wildman–Crippen LogP) is 4.37. The van der Waals surface area contributed by atoms with Gasteiger partial charge in [0.25, 0.3) is 0 Å². The van der Waals surface area contributed by atoms with E-state index in [1.54, 1.807) is 7.11 Å². The molecule has 100 valence electrons. The minimum atomic E-state index is 0.176. The van der Waals surface area contributed by atoms with Crippen molar-refractivity contribution >= 4 is 38.5 Å². The average Bonchev–Trinajstić information content (AvgIpc) is 2.42. The van der Waals surface area contributed by atoms with Crippen LogP contribution in [0.2, 0.25) is 0 Å². The van der Waals surface area contributed by atoms with Crippen molar-refractivity contribution in [3.05, 3.63) is 61.6 Å². The van der Waals surface area contributed by atoms with E-state index in [-0.39, 0.29) is 6.04 Å². The predicted molar refractivity (Wildman–Crippen MR) is 90.8 cm³/mol. The number of ether oxygens (including phenoxy) is 1. The van der Waals surface area contributed by atoms with E-state index in [4.69, 9.17) is 4.74 Å². The van der Waals surface area contributed by atoms with Gasteiger partial charge in [-0.2, -0.15) is 0 Å². The second-order valence-electron chi connectivity index (χ2n) is 4.14. The third-order valence-electron chi connectivity index (χ3n) is 3.01. The molecule has 0 bridgehead atoms. The molecule has 0 spiro atoms. The standard InChI is InChI=1S/C15H15BrINO/c1-18-15(11-5-3-4-6-13(11)17)10-7-8-14(19-2)12(16)9-10/h3-9,15,18H,1-2H3. The number of hydrogen-bond acceptors (Lipinski definition) is 2.